The van der Waals surface area contributed by atoms with Gasteiger partial charge in [-0.25, -0.2) is 9.59 Å². The monoisotopic (exact) mass is 518 g/mol. The summed E-state index contributed by atoms with van der Waals surface area (Å²) in [5.41, 5.74) is -0.230. The summed E-state index contributed by atoms with van der Waals surface area (Å²) in [5, 5.41) is 58.4. The Kier molecular flexibility index (Phi) is 7.16. The molecule has 2 heterocycles. The maximum Gasteiger partial charge on any atom is 0.340 e. The average Bonchev–Trinajstić information content (AvgIpc) is 2.83. The molecule has 2 aromatic carbocycles. The van der Waals surface area contributed by atoms with Crippen molar-refractivity contribution in [3.8, 4) is 28.6 Å². The van der Waals surface area contributed by atoms with E-state index in [1.54, 1.807) is 0 Å². The normalized spacial score (nSPS) is 24.5. The van der Waals surface area contributed by atoms with Gasteiger partial charge in [-0.1, -0.05) is 0 Å². The number of ether oxygens (including phenoxy) is 3. The lowest BCUT2D eigenvalue weighted by atomic mass is 9.99. The van der Waals surface area contributed by atoms with Crippen LogP contribution in [0.2, 0.25) is 0 Å². The van der Waals surface area contributed by atoms with Crippen LogP contribution in [0.5, 0.6) is 17.2 Å². The molecule has 1 aliphatic heterocycles. The molecule has 0 saturated carbocycles. The number of fused-ring (bicyclic) bond motifs is 1. The van der Waals surface area contributed by atoms with Crippen LogP contribution in [0.4, 0.5) is 0 Å². The maximum absolute atomic E-state index is 12.6. The number of phenolic OH excluding ortho intramolecular Hbond substituents is 2. The molecule has 1 fully saturated rings. The van der Waals surface area contributed by atoms with Crippen LogP contribution in [-0.4, -0.2) is 79.4 Å². The molecule has 0 aliphatic carbocycles. The lowest BCUT2D eigenvalue weighted by Gasteiger charge is -2.39. The highest BCUT2D eigenvalue weighted by atomic mass is 16.7. The zero-order valence-electron chi connectivity index (χ0n) is 19.0. The molecule has 196 valence electrons. The number of phenols is 2. The van der Waals surface area contributed by atoms with Gasteiger partial charge in [0.15, 0.2) is 23.9 Å². The summed E-state index contributed by atoms with van der Waals surface area (Å²) in [6.45, 7) is 1.19. The Balaban J connectivity index is 1.54. The molecule has 0 unspecified atom stereocenters. The number of aliphatic hydroxyl groups is 3. The van der Waals surface area contributed by atoms with Crippen molar-refractivity contribution in [3.05, 3.63) is 52.7 Å². The standard InChI is InChI=1S/C24H22O13/c1-9(34-24-20(30)18(28)19(29)21(37-24)22(31)32)23(33)35-12-6-13(26)17-14(27)8-15(36-16(17)7-12)10-2-4-11(25)5-3-10/h2-9,18-21,24-26,28-30H,1H3,(H,31,32)/t9-,18-,19-,20+,21-,24+/m1/s1. The smallest absolute Gasteiger partial charge is 0.340 e. The number of hydrogen-bond acceptors (Lipinski definition) is 12. The number of carbonyl (C=O) groups is 2. The Hall–Kier alpha value is -4.01. The van der Waals surface area contributed by atoms with Crippen LogP contribution in [0.1, 0.15) is 6.92 Å². The largest absolute Gasteiger partial charge is 0.508 e. The molecule has 6 atom stereocenters. The number of aromatic hydroxyl groups is 2. The van der Waals surface area contributed by atoms with Crippen molar-refractivity contribution in [2.45, 2.75) is 43.7 Å². The maximum atomic E-state index is 12.6. The van der Waals surface area contributed by atoms with Crippen LogP contribution in [-0.2, 0) is 19.1 Å². The quantitative estimate of drug-likeness (QED) is 0.189. The molecule has 0 radical (unpaired) electrons. The molecule has 13 nitrogen and oxygen atoms in total. The predicted molar refractivity (Wildman–Crippen MR) is 122 cm³/mol. The number of carbonyl (C=O) groups excluding carboxylic acids is 1. The van der Waals surface area contributed by atoms with E-state index in [-0.39, 0.29) is 28.2 Å². The fourth-order valence-corrected chi connectivity index (χ4v) is 3.69. The molecule has 0 spiro atoms. The molecule has 3 aromatic rings. The van der Waals surface area contributed by atoms with Gasteiger partial charge in [-0.15, -0.1) is 0 Å². The van der Waals surface area contributed by atoms with E-state index in [1.165, 1.54) is 37.3 Å². The minimum atomic E-state index is -1.93. The van der Waals surface area contributed by atoms with E-state index in [4.69, 9.17) is 23.7 Å². The number of aliphatic carboxylic acids is 1. The first-order valence-corrected chi connectivity index (χ1v) is 10.9. The Morgan fingerprint density at radius 3 is 2.30 bits per heavy atom. The Bertz CT molecular complexity index is 1380. The zero-order valence-corrected chi connectivity index (χ0v) is 19.0. The summed E-state index contributed by atoms with van der Waals surface area (Å²) in [5.74, 6) is -3.34. The van der Waals surface area contributed by atoms with Crippen molar-refractivity contribution in [2.75, 3.05) is 0 Å². The van der Waals surface area contributed by atoms with E-state index in [9.17, 15) is 39.9 Å². The van der Waals surface area contributed by atoms with Crippen molar-refractivity contribution in [2.24, 2.45) is 0 Å². The fraction of sp³-hybridized carbons (Fsp3) is 0.292. The predicted octanol–water partition coefficient (Wildman–Crippen LogP) is 0.0739. The van der Waals surface area contributed by atoms with E-state index in [0.29, 0.717) is 5.56 Å². The minimum absolute atomic E-state index is 0.00498. The van der Waals surface area contributed by atoms with Gasteiger partial charge < -0.3 is 49.3 Å². The van der Waals surface area contributed by atoms with E-state index in [0.717, 1.165) is 12.1 Å². The van der Waals surface area contributed by atoms with E-state index < -0.39 is 59.9 Å². The molecule has 37 heavy (non-hydrogen) atoms. The van der Waals surface area contributed by atoms with Gasteiger partial charge in [0.2, 0.25) is 0 Å². The van der Waals surface area contributed by atoms with Crippen molar-refractivity contribution in [3.63, 3.8) is 0 Å². The summed E-state index contributed by atoms with van der Waals surface area (Å²) >= 11 is 0. The van der Waals surface area contributed by atoms with Gasteiger partial charge in [-0.2, -0.15) is 0 Å². The van der Waals surface area contributed by atoms with Crippen LogP contribution in [0, 0.1) is 0 Å². The highest BCUT2D eigenvalue weighted by Crippen LogP contribution is 2.32. The van der Waals surface area contributed by atoms with Crippen molar-refractivity contribution >= 4 is 22.9 Å². The zero-order chi connectivity index (χ0) is 27.0. The van der Waals surface area contributed by atoms with Gasteiger partial charge in [0, 0.05) is 23.8 Å². The number of carboxylic acids is 1. The van der Waals surface area contributed by atoms with Gasteiger partial charge in [0.05, 0.1) is 0 Å². The molecular weight excluding hydrogens is 496 g/mol. The van der Waals surface area contributed by atoms with E-state index in [2.05, 4.69) is 0 Å². The van der Waals surface area contributed by atoms with Crippen LogP contribution in [0.25, 0.3) is 22.3 Å². The first-order valence-electron chi connectivity index (χ1n) is 10.9. The Labute approximate surface area is 207 Å². The second-order valence-electron chi connectivity index (χ2n) is 8.27. The SMILES string of the molecule is C[C@@H](O[C@H]1O[C@@H](C(=O)O)[C@H](O)[C@@H](O)[C@@H]1O)C(=O)Oc1cc(O)c2c(=O)cc(-c3ccc(O)cc3)oc2c1. The second kappa shape index (κ2) is 10.2. The first kappa shape index (κ1) is 26.1. The fourth-order valence-electron chi connectivity index (χ4n) is 3.69. The topological polar surface area (TPSA) is 213 Å². The Morgan fingerprint density at radius 1 is 0.973 bits per heavy atom. The van der Waals surface area contributed by atoms with E-state index in [1.807, 2.05) is 0 Å². The third-order valence-electron chi connectivity index (χ3n) is 5.64. The Morgan fingerprint density at radius 2 is 1.65 bits per heavy atom. The van der Waals surface area contributed by atoms with Crippen LogP contribution in [0.15, 0.2) is 51.7 Å². The number of aliphatic hydroxyl groups excluding tert-OH is 3. The molecule has 1 saturated heterocycles. The van der Waals surface area contributed by atoms with Gasteiger partial charge in [0.1, 0.15) is 52.3 Å². The lowest BCUT2D eigenvalue weighted by Crippen LogP contribution is -2.61. The van der Waals surface area contributed by atoms with Crippen LogP contribution in [0.3, 0.4) is 0 Å². The summed E-state index contributed by atoms with van der Waals surface area (Å²) in [7, 11) is 0. The summed E-state index contributed by atoms with van der Waals surface area (Å²) in [6, 6.07) is 9.13. The number of esters is 1. The first-order chi connectivity index (χ1) is 17.5. The molecule has 1 aromatic heterocycles. The molecular formula is C24H22O13. The van der Waals surface area contributed by atoms with Crippen molar-refractivity contribution < 1.29 is 58.9 Å². The number of benzene rings is 2. The second-order valence-corrected chi connectivity index (χ2v) is 8.27. The minimum Gasteiger partial charge on any atom is -0.508 e. The van der Waals surface area contributed by atoms with E-state index >= 15 is 0 Å². The van der Waals surface area contributed by atoms with Crippen molar-refractivity contribution in [1.29, 1.82) is 0 Å². The summed E-state index contributed by atoms with van der Waals surface area (Å²) in [4.78, 5) is 36.4. The average molecular weight is 518 g/mol. The lowest BCUT2D eigenvalue weighted by molar-refractivity contribution is -0.301. The highest BCUT2D eigenvalue weighted by molar-refractivity contribution is 5.87. The molecule has 0 amide bonds. The van der Waals surface area contributed by atoms with Crippen LogP contribution < -0.4 is 10.2 Å². The molecule has 1 aliphatic rings. The third kappa shape index (κ3) is 5.26. The van der Waals surface area contributed by atoms with Gasteiger partial charge in [0.25, 0.3) is 0 Å². The summed E-state index contributed by atoms with van der Waals surface area (Å²) in [6.07, 6.45) is -10.9. The van der Waals surface area contributed by atoms with Crippen molar-refractivity contribution in [1.82, 2.24) is 0 Å². The molecule has 6 N–H and O–H groups in total. The van der Waals surface area contributed by atoms with Gasteiger partial charge in [-0.05, 0) is 31.2 Å². The number of hydrogen-bond donors (Lipinski definition) is 6. The number of rotatable bonds is 6. The number of carboxylic acid groups (broad SMARTS) is 1. The van der Waals surface area contributed by atoms with Gasteiger partial charge in [-0.3, -0.25) is 4.79 Å². The molecule has 0 bridgehead atoms. The third-order valence-corrected chi connectivity index (χ3v) is 5.64. The molecule has 13 heteroatoms. The highest BCUT2D eigenvalue weighted by Gasteiger charge is 2.48. The summed E-state index contributed by atoms with van der Waals surface area (Å²) < 4.78 is 21.1. The molecule has 4 rings (SSSR count). The van der Waals surface area contributed by atoms with Gasteiger partial charge >= 0.3 is 11.9 Å². The van der Waals surface area contributed by atoms with Crippen LogP contribution >= 0.6 is 0 Å².